The van der Waals surface area contributed by atoms with E-state index in [2.05, 4.69) is 21.4 Å². The van der Waals surface area contributed by atoms with Gasteiger partial charge < -0.3 is 4.74 Å². The molecule has 1 aromatic carbocycles. The summed E-state index contributed by atoms with van der Waals surface area (Å²) < 4.78 is 6.63. The standard InChI is InChI=1S/C13H13BrN2O2S/c1-8-9(6-12(19-8)13(17)16-15)7-18-11-5-3-2-4-10(11)14/h2-6H,7,15H2,1H3,(H,16,17). The summed E-state index contributed by atoms with van der Waals surface area (Å²) in [5, 5.41) is 0. The summed E-state index contributed by atoms with van der Waals surface area (Å²) in [6, 6.07) is 9.45. The van der Waals surface area contributed by atoms with Crippen molar-refractivity contribution in [2.75, 3.05) is 0 Å². The third-order valence-corrected chi connectivity index (χ3v) is 4.34. The highest BCUT2D eigenvalue weighted by atomic mass is 79.9. The van der Waals surface area contributed by atoms with Gasteiger partial charge in [0, 0.05) is 10.4 Å². The number of hydrogen-bond acceptors (Lipinski definition) is 4. The zero-order valence-corrected chi connectivity index (χ0v) is 12.7. The molecule has 1 amide bonds. The normalized spacial score (nSPS) is 10.3. The fraction of sp³-hybridized carbons (Fsp3) is 0.154. The summed E-state index contributed by atoms with van der Waals surface area (Å²) in [6.45, 7) is 2.37. The van der Waals surface area contributed by atoms with Gasteiger partial charge in [0.05, 0.1) is 9.35 Å². The van der Waals surface area contributed by atoms with Crippen LogP contribution in [0.1, 0.15) is 20.1 Å². The van der Waals surface area contributed by atoms with E-state index in [1.165, 1.54) is 11.3 Å². The van der Waals surface area contributed by atoms with Gasteiger partial charge in [-0.15, -0.1) is 11.3 Å². The molecule has 0 saturated heterocycles. The molecule has 2 aromatic rings. The van der Waals surface area contributed by atoms with Crippen LogP contribution in [0.15, 0.2) is 34.8 Å². The minimum absolute atomic E-state index is 0.278. The highest BCUT2D eigenvalue weighted by Crippen LogP contribution is 2.27. The smallest absolute Gasteiger partial charge is 0.275 e. The van der Waals surface area contributed by atoms with Crippen LogP contribution in [0.3, 0.4) is 0 Å². The van der Waals surface area contributed by atoms with Crippen molar-refractivity contribution in [3.05, 3.63) is 50.1 Å². The average Bonchev–Trinajstić information content (AvgIpc) is 2.78. The Morgan fingerprint density at radius 3 is 2.89 bits per heavy atom. The number of aryl methyl sites for hydroxylation is 1. The van der Waals surface area contributed by atoms with E-state index in [9.17, 15) is 4.79 Å². The van der Waals surface area contributed by atoms with E-state index < -0.39 is 0 Å². The van der Waals surface area contributed by atoms with Gasteiger partial charge in [0.1, 0.15) is 12.4 Å². The molecule has 0 aliphatic rings. The van der Waals surface area contributed by atoms with Crippen LogP contribution in [0, 0.1) is 6.92 Å². The molecule has 0 unspecified atom stereocenters. The van der Waals surface area contributed by atoms with Crippen LogP contribution < -0.4 is 16.0 Å². The molecule has 4 nitrogen and oxygen atoms in total. The van der Waals surface area contributed by atoms with Crippen molar-refractivity contribution in [1.29, 1.82) is 0 Å². The number of amides is 1. The number of benzene rings is 1. The predicted octanol–water partition coefficient (Wildman–Crippen LogP) is 3.00. The van der Waals surface area contributed by atoms with Crippen molar-refractivity contribution in [3.8, 4) is 5.75 Å². The Morgan fingerprint density at radius 2 is 2.21 bits per heavy atom. The molecule has 0 saturated carbocycles. The number of para-hydroxylation sites is 1. The molecule has 6 heteroatoms. The predicted molar refractivity (Wildman–Crippen MR) is 79.2 cm³/mol. The van der Waals surface area contributed by atoms with E-state index in [1.54, 1.807) is 6.07 Å². The molecule has 0 spiro atoms. The number of nitrogen functional groups attached to an aromatic ring is 1. The largest absolute Gasteiger partial charge is 0.488 e. The van der Waals surface area contributed by atoms with E-state index >= 15 is 0 Å². The third-order valence-electron chi connectivity index (χ3n) is 2.60. The summed E-state index contributed by atoms with van der Waals surface area (Å²) in [7, 11) is 0. The maximum absolute atomic E-state index is 11.4. The van der Waals surface area contributed by atoms with Crippen LogP contribution in [0.2, 0.25) is 0 Å². The zero-order valence-electron chi connectivity index (χ0n) is 10.3. The Hall–Kier alpha value is -1.37. The Kier molecular flexibility index (Phi) is 4.57. The molecule has 2 rings (SSSR count). The Morgan fingerprint density at radius 1 is 1.47 bits per heavy atom. The van der Waals surface area contributed by atoms with Gasteiger partial charge in [0.2, 0.25) is 0 Å². The van der Waals surface area contributed by atoms with Crippen molar-refractivity contribution in [1.82, 2.24) is 5.43 Å². The molecule has 3 N–H and O–H groups in total. The molecule has 1 aromatic heterocycles. The molecule has 100 valence electrons. The van der Waals surface area contributed by atoms with Crippen molar-refractivity contribution < 1.29 is 9.53 Å². The Labute approximate surface area is 123 Å². The molecule has 0 aliphatic carbocycles. The second-order valence-corrected chi connectivity index (χ2v) is 6.00. The number of nitrogens with one attached hydrogen (secondary N) is 1. The summed E-state index contributed by atoms with van der Waals surface area (Å²) in [6.07, 6.45) is 0. The van der Waals surface area contributed by atoms with Crippen LogP contribution in [0.5, 0.6) is 5.75 Å². The monoisotopic (exact) mass is 340 g/mol. The summed E-state index contributed by atoms with van der Waals surface area (Å²) in [5.74, 6) is 5.62. The van der Waals surface area contributed by atoms with Crippen LogP contribution in [0.25, 0.3) is 0 Å². The highest BCUT2D eigenvalue weighted by molar-refractivity contribution is 9.10. The number of carbonyl (C=O) groups excluding carboxylic acids is 1. The first-order chi connectivity index (χ1) is 9.11. The maximum atomic E-state index is 11.4. The number of hydrazine groups is 1. The summed E-state index contributed by atoms with van der Waals surface area (Å²) in [5.41, 5.74) is 3.11. The lowest BCUT2D eigenvalue weighted by molar-refractivity contribution is 0.0957. The second kappa shape index (κ2) is 6.18. The first-order valence-corrected chi connectivity index (χ1v) is 7.20. The van der Waals surface area contributed by atoms with Crippen molar-refractivity contribution >= 4 is 33.2 Å². The number of thiophene rings is 1. The van der Waals surface area contributed by atoms with Crippen LogP contribution >= 0.6 is 27.3 Å². The van der Waals surface area contributed by atoms with E-state index in [0.29, 0.717) is 11.5 Å². The Bertz CT molecular complexity index is 598. The Balaban J connectivity index is 2.10. The van der Waals surface area contributed by atoms with Gasteiger partial charge in [-0.1, -0.05) is 12.1 Å². The van der Waals surface area contributed by atoms with Gasteiger partial charge in [-0.05, 0) is 41.1 Å². The lowest BCUT2D eigenvalue weighted by Crippen LogP contribution is -2.29. The van der Waals surface area contributed by atoms with Crippen molar-refractivity contribution in [2.45, 2.75) is 13.5 Å². The zero-order chi connectivity index (χ0) is 13.8. The van der Waals surface area contributed by atoms with Crippen molar-refractivity contribution in [2.24, 2.45) is 5.84 Å². The average molecular weight is 341 g/mol. The molecule has 0 fully saturated rings. The fourth-order valence-electron chi connectivity index (χ4n) is 1.56. The third kappa shape index (κ3) is 3.34. The first-order valence-electron chi connectivity index (χ1n) is 5.59. The SMILES string of the molecule is Cc1sc(C(=O)NN)cc1COc1ccccc1Br. The molecular formula is C13H13BrN2O2S. The van der Waals surface area contributed by atoms with Gasteiger partial charge >= 0.3 is 0 Å². The van der Waals surface area contributed by atoms with Crippen LogP contribution in [-0.2, 0) is 6.61 Å². The minimum atomic E-state index is -0.278. The van der Waals surface area contributed by atoms with Gasteiger partial charge in [-0.25, -0.2) is 5.84 Å². The molecule has 0 radical (unpaired) electrons. The number of rotatable bonds is 4. The topological polar surface area (TPSA) is 64.4 Å². The van der Waals surface area contributed by atoms with E-state index in [-0.39, 0.29) is 5.91 Å². The van der Waals surface area contributed by atoms with Gasteiger partial charge in [0.25, 0.3) is 5.91 Å². The van der Waals surface area contributed by atoms with E-state index in [4.69, 9.17) is 10.6 Å². The fourth-order valence-corrected chi connectivity index (χ4v) is 2.89. The number of carbonyl (C=O) groups is 1. The first kappa shape index (κ1) is 14.0. The van der Waals surface area contributed by atoms with Crippen molar-refractivity contribution in [3.63, 3.8) is 0 Å². The van der Waals surface area contributed by atoms with Crippen LogP contribution in [-0.4, -0.2) is 5.91 Å². The second-order valence-electron chi connectivity index (χ2n) is 3.88. The van der Waals surface area contributed by atoms with E-state index in [0.717, 1.165) is 20.7 Å². The molecule has 0 atom stereocenters. The molecule has 0 aliphatic heterocycles. The molecule has 1 heterocycles. The van der Waals surface area contributed by atoms with Gasteiger partial charge in [-0.3, -0.25) is 10.2 Å². The maximum Gasteiger partial charge on any atom is 0.275 e. The minimum Gasteiger partial charge on any atom is -0.488 e. The molecular weight excluding hydrogens is 328 g/mol. The van der Waals surface area contributed by atoms with Gasteiger partial charge in [-0.2, -0.15) is 0 Å². The lowest BCUT2D eigenvalue weighted by Gasteiger charge is -2.07. The highest BCUT2D eigenvalue weighted by Gasteiger charge is 2.12. The van der Waals surface area contributed by atoms with Gasteiger partial charge in [0.15, 0.2) is 0 Å². The summed E-state index contributed by atoms with van der Waals surface area (Å²) in [4.78, 5) is 13.1. The number of ether oxygens (including phenoxy) is 1. The van der Waals surface area contributed by atoms with E-state index in [1.807, 2.05) is 31.2 Å². The number of halogens is 1. The quantitative estimate of drug-likeness (QED) is 0.510. The summed E-state index contributed by atoms with van der Waals surface area (Å²) >= 11 is 4.83. The van der Waals surface area contributed by atoms with Crippen LogP contribution in [0.4, 0.5) is 0 Å². The number of hydrogen-bond donors (Lipinski definition) is 2. The molecule has 19 heavy (non-hydrogen) atoms. The molecule has 0 bridgehead atoms. The number of nitrogens with two attached hydrogens (primary N) is 1. The lowest BCUT2D eigenvalue weighted by atomic mass is 10.2.